The molecule has 7 unspecified atom stereocenters. The number of amides is 1. The lowest BCUT2D eigenvalue weighted by Gasteiger charge is -2.32. The van der Waals surface area contributed by atoms with Crippen LogP contribution < -0.4 is 4.72 Å². The van der Waals surface area contributed by atoms with Crippen molar-refractivity contribution in [3.8, 4) is 0 Å². The van der Waals surface area contributed by atoms with Crippen LogP contribution in [0, 0.1) is 11.8 Å². The van der Waals surface area contributed by atoms with E-state index in [0.717, 1.165) is 57.0 Å². The molecule has 0 radical (unpaired) electrons. The molecule has 31 heavy (non-hydrogen) atoms. The molecule has 1 aromatic rings. The predicted octanol–water partition coefficient (Wildman–Crippen LogP) is 1.75. The summed E-state index contributed by atoms with van der Waals surface area (Å²) in [6.45, 7) is 0.221. The first-order chi connectivity index (χ1) is 14.8. The third-order valence-corrected chi connectivity index (χ3v) is 8.60. The molecule has 1 aromatic heterocycles. The van der Waals surface area contributed by atoms with Crippen LogP contribution in [0.3, 0.4) is 0 Å². The molecule has 0 aromatic carbocycles. The van der Waals surface area contributed by atoms with Crippen molar-refractivity contribution in [2.45, 2.75) is 74.6 Å². The van der Waals surface area contributed by atoms with Crippen molar-refractivity contribution in [1.29, 1.82) is 0 Å². The number of carboxylic acid groups (broad SMARTS) is 1. The van der Waals surface area contributed by atoms with Crippen molar-refractivity contribution in [2.24, 2.45) is 11.8 Å². The molecule has 1 aliphatic heterocycles. The lowest BCUT2D eigenvalue weighted by Crippen LogP contribution is -2.51. The van der Waals surface area contributed by atoms with E-state index in [1.807, 2.05) is 6.07 Å². The number of ether oxygens (including phenoxy) is 1. The Morgan fingerprint density at radius 2 is 2.10 bits per heavy atom. The second-order valence-corrected chi connectivity index (χ2v) is 11.5. The van der Waals surface area contributed by atoms with E-state index in [1.165, 1.54) is 4.90 Å². The topological polar surface area (TPSA) is 122 Å². The first kappa shape index (κ1) is 21.1. The van der Waals surface area contributed by atoms with Gasteiger partial charge in [0, 0.05) is 29.9 Å². The molecule has 2 N–H and O–H groups in total. The minimum Gasteiger partial charge on any atom is -0.465 e. The molecule has 4 fully saturated rings. The molecule has 0 spiro atoms. The van der Waals surface area contributed by atoms with Crippen LogP contribution in [-0.4, -0.2) is 71.6 Å². The van der Waals surface area contributed by atoms with Crippen molar-refractivity contribution in [1.82, 2.24) is 19.6 Å². The van der Waals surface area contributed by atoms with E-state index < -0.39 is 28.2 Å². The summed E-state index contributed by atoms with van der Waals surface area (Å²) in [4.78, 5) is 22.4. The number of aromatic nitrogens is 2. The Morgan fingerprint density at radius 1 is 1.32 bits per heavy atom. The van der Waals surface area contributed by atoms with Gasteiger partial charge >= 0.3 is 6.09 Å². The van der Waals surface area contributed by atoms with Gasteiger partial charge in [-0.25, -0.2) is 27.9 Å². The molecule has 7 atom stereocenters. The Morgan fingerprint density at radius 3 is 2.77 bits per heavy atom. The molecule has 170 valence electrons. The Bertz CT molecular complexity index is 944. The van der Waals surface area contributed by atoms with Crippen LogP contribution in [0.4, 0.5) is 4.79 Å². The van der Waals surface area contributed by atoms with Crippen molar-refractivity contribution >= 4 is 16.1 Å². The smallest absolute Gasteiger partial charge is 0.407 e. The Labute approximate surface area is 182 Å². The summed E-state index contributed by atoms with van der Waals surface area (Å²) >= 11 is 0. The zero-order valence-electron chi connectivity index (χ0n) is 17.7. The zero-order valence-corrected chi connectivity index (χ0v) is 18.5. The average molecular weight is 451 g/mol. The molecule has 3 aliphatic carbocycles. The number of likely N-dealkylation sites (tertiary alicyclic amines) is 1. The molecule has 9 nitrogen and oxygen atoms in total. The number of nitrogens with zero attached hydrogens (tertiary/aromatic N) is 3. The second-order valence-electron chi connectivity index (χ2n) is 9.69. The summed E-state index contributed by atoms with van der Waals surface area (Å²) < 4.78 is 33.0. The third kappa shape index (κ3) is 3.82. The fraction of sp³-hybridized carbons (Fsp3) is 0.762. The number of carbonyl (C=O) groups is 1. The minimum atomic E-state index is -3.45. The molecule has 1 amide bonds. The first-order valence-electron chi connectivity index (χ1n) is 11.2. The van der Waals surface area contributed by atoms with E-state index in [9.17, 15) is 18.3 Å². The lowest BCUT2D eigenvalue weighted by molar-refractivity contribution is -0.00984. The average Bonchev–Trinajstić information content (AvgIpc) is 3.14. The Balaban J connectivity index is 1.26. The zero-order chi connectivity index (χ0) is 21.8. The fourth-order valence-electron chi connectivity index (χ4n) is 6.50. The number of sulfonamides is 1. The third-order valence-electron chi connectivity index (χ3n) is 7.90. The maximum Gasteiger partial charge on any atom is 0.407 e. The van der Waals surface area contributed by atoms with Crippen molar-refractivity contribution in [3.63, 3.8) is 0 Å². The molecule has 3 saturated carbocycles. The summed E-state index contributed by atoms with van der Waals surface area (Å²) in [6.07, 6.45) is 10.2. The number of rotatable bonds is 6. The molecule has 0 bridgehead atoms. The van der Waals surface area contributed by atoms with Crippen LogP contribution in [0.2, 0.25) is 0 Å². The van der Waals surface area contributed by atoms with Crippen LogP contribution in [0.25, 0.3) is 0 Å². The number of hydrogen-bond donors (Lipinski definition) is 2. The largest absolute Gasteiger partial charge is 0.465 e. The molecular weight excluding hydrogens is 420 g/mol. The molecule has 10 heteroatoms. The lowest BCUT2D eigenvalue weighted by atomic mass is 9.86. The molecular formula is C21H30N4O5S. The van der Waals surface area contributed by atoms with Gasteiger partial charge in [0.2, 0.25) is 10.0 Å². The van der Waals surface area contributed by atoms with Gasteiger partial charge in [-0.05, 0) is 56.4 Å². The summed E-state index contributed by atoms with van der Waals surface area (Å²) in [5, 5.41) is 9.87. The van der Waals surface area contributed by atoms with Crippen molar-refractivity contribution < 1.29 is 23.1 Å². The van der Waals surface area contributed by atoms with E-state index in [2.05, 4.69) is 14.7 Å². The van der Waals surface area contributed by atoms with Gasteiger partial charge in [-0.3, -0.25) is 4.90 Å². The molecule has 4 aliphatic rings. The quantitative estimate of drug-likeness (QED) is 0.677. The van der Waals surface area contributed by atoms with Crippen LogP contribution in [0.1, 0.15) is 50.8 Å². The normalized spacial score (nSPS) is 39.2. The maximum absolute atomic E-state index is 12.1. The van der Waals surface area contributed by atoms with Gasteiger partial charge in [0.15, 0.2) is 0 Å². The van der Waals surface area contributed by atoms with Crippen LogP contribution in [0.15, 0.2) is 18.5 Å². The first-order valence-corrected chi connectivity index (χ1v) is 13.1. The summed E-state index contributed by atoms with van der Waals surface area (Å²) in [5.41, 5.74) is 0.0823. The van der Waals surface area contributed by atoms with Gasteiger partial charge in [0.05, 0.1) is 25.0 Å². The van der Waals surface area contributed by atoms with Gasteiger partial charge in [0.1, 0.15) is 5.82 Å². The second kappa shape index (κ2) is 7.67. The van der Waals surface area contributed by atoms with Crippen LogP contribution in [-0.2, 0) is 20.2 Å². The summed E-state index contributed by atoms with van der Waals surface area (Å²) in [7, 11) is -3.45. The highest BCUT2D eigenvalue weighted by molar-refractivity contribution is 7.88. The van der Waals surface area contributed by atoms with E-state index >= 15 is 0 Å². The molecule has 2 heterocycles. The molecule has 1 saturated heterocycles. The van der Waals surface area contributed by atoms with E-state index in [0.29, 0.717) is 5.92 Å². The van der Waals surface area contributed by atoms with Gasteiger partial charge in [-0.1, -0.05) is 6.42 Å². The minimum absolute atomic E-state index is 0.0112. The Hall–Kier alpha value is -1.78. The maximum atomic E-state index is 12.1. The van der Waals surface area contributed by atoms with E-state index in [1.54, 1.807) is 12.4 Å². The van der Waals surface area contributed by atoms with E-state index in [4.69, 9.17) is 4.74 Å². The summed E-state index contributed by atoms with van der Waals surface area (Å²) in [6, 6.07) is 0.770. The van der Waals surface area contributed by atoms with E-state index in [-0.39, 0.29) is 30.1 Å². The van der Waals surface area contributed by atoms with Gasteiger partial charge in [0.25, 0.3) is 0 Å². The highest BCUT2D eigenvalue weighted by Crippen LogP contribution is 2.61. The SMILES string of the molecule is CS(=O)(=O)NC1C2CCCC2N(C(=O)O)C1COC1CCC2(c3ncccn3)CC2C1. The fourth-order valence-corrected chi connectivity index (χ4v) is 7.32. The van der Waals surface area contributed by atoms with Crippen LogP contribution in [0.5, 0.6) is 0 Å². The highest BCUT2D eigenvalue weighted by atomic mass is 32.2. The molecule has 5 rings (SSSR count). The van der Waals surface area contributed by atoms with Gasteiger partial charge in [-0.15, -0.1) is 0 Å². The standard InChI is InChI=1S/C21H30N4O5S/c1-31(28,29)24-18-15-4-2-5-16(15)25(20(26)27)17(18)12-30-14-6-7-21(11-13(21)10-14)19-22-8-3-9-23-19/h3,8-9,13-18,24H,2,4-7,10-12H2,1H3,(H,26,27). The van der Waals surface area contributed by atoms with Gasteiger partial charge in [-0.2, -0.15) is 0 Å². The summed E-state index contributed by atoms with van der Waals surface area (Å²) in [5.74, 6) is 1.44. The monoisotopic (exact) mass is 450 g/mol. The van der Waals surface area contributed by atoms with Crippen molar-refractivity contribution in [2.75, 3.05) is 12.9 Å². The predicted molar refractivity (Wildman–Crippen MR) is 112 cm³/mol. The number of hydrogen-bond acceptors (Lipinski definition) is 6. The highest BCUT2D eigenvalue weighted by Gasteiger charge is 2.60. The number of nitrogens with one attached hydrogen (secondary N) is 1. The van der Waals surface area contributed by atoms with Crippen molar-refractivity contribution in [3.05, 3.63) is 24.3 Å². The van der Waals surface area contributed by atoms with Crippen LogP contribution >= 0.6 is 0 Å². The number of fused-ring (bicyclic) bond motifs is 2. The Kier molecular flexibility index (Phi) is 5.22. The van der Waals surface area contributed by atoms with Gasteiger partial charge < -0.3 is 9.84 Å².